The Balaban J connectivity index is 1.77. The van der Waals surface area contributed by atoms with Crippen LogP contribution in [0.25, 0.3) is 11.1 Å². The van der Waals surface area contributed by atoms with Crippen LogP contribution in [0.3, 0.4) is 0 Å². The number of rotatable bonds is 2. The molecule has 152 valence electrons. The number of halogens is 3. The number of nitrogens with zero attached hydrogens (tertiary/aromatic N) is 2. The summed E-state index contributed by atoms with van der Waals surface area (Å²) in [6.45, 7) is 3.93. The lowest BCUT2D eigenvalue weighted by atomic mass is 9.98. The Morgan fingerprint density at radius 2 is 1.77 bits per heavy atom. The third kappa shape index (κ3) is 3.96. The van der Waals surface area contributed by atoms with Gasteiger partial charge in [0.15, 0.2) is 0 Å². The van der Waals surface area contributed by atoms with Gasteiger partial charge in [-0.1, -0.05) is 18.2 Å². The van der Waals surface area contributed by atoms with Gasteiger partial charge in [0.25, 0.3) is 0 Å². The molecule has 4 rings (SSSR count). The van der Waals surface area contributed by atoms with E-state index >= 15 is 0 Å². The number of hydrogen-bond donors (Lipinski definition) is 1. The highest BCUT2D eigenvalue weighted by atomic mass is 19.4. The van der Waals surface area contributed by atoms with E-state index in [1.54, 1.807) is 6.20 Å². The molecule has 1 N–H and O–H groups in total. The number of aliphatic imine (C=N–C) groups is 1. The predicted molar refractivity (Wildman–Crippen MR) is 110 cm³/mol. The van der Waals surface area contributed by atoms with Crippen molar-refractivity contribution in [3.8, 4) is 11.1 Å². The van der Waals surface area contributed by atoms with E-state index < -0.39 is 17.6 Å². The van der Waals surface area contributed by atoms with Crippen LogP contribution in [0.2, 0.25) is 0 Å². The minimum absolute atomic E-state index is 0.0371. The zero-order valence-electron chi connectivity index (χ0n) is 16.3. The van der Waals surface area contributed by atoms with E-state index in [1.165, 1.54) is 6.07 Å². The standard InChI is InChI=1S/C23H18F3N3O/c1-13-8-14(2)27-12-18(13)15-4-3-5-16(9-15)20-11-22(30)29-21-10-17(23(24,25)26)6-7-19(21)28-20/h3-10,12H,11H2,1-2H3,(H,29,30). The number of benzene rings is 2. The van der Waals surface area contributed by atoms with Crippen molar-refractivity contribution in [2.45, 2.75) is 26.4 Å². The number of carbonyl (C=O) groups excluding carboxylic acids is 1. The maximum Gasteiger partial charge on any atom is 0.416 e. The fourth-order valence-corrected chi connectivity index (χ4v) is 3.47. The normalized spacial score (nSPS) is 13.9. The maximum absolute atomic E-state index is 13.0. The third-order valence-corrected chi connectivity index (χ3v) is 4.94. The van der Waals surface area contributed by atoms with E-state index in [0.717, 1.165) is 40.1 Å². The summed E-state index contributed by atoms with van der Waals surface area (Å²) in [6.07, 6.45) is -2.73. The summed E-state index contributed by atoms with van der Waals surface area (Å²) in [5, 5.41) is 2.53. The molecule has 1 aliphatic rings. The topological polar surface area (TPSA) is 54.4 Å². The first-order valence-corrected chi connectivity index (χ1v) is 9.33. The fourth-order valence-electron chi connectivity index (χ4n) is 3.47. The van der Waals surface area contributed by atoms with Crippen LogP contribution in [0.5, 0.6) is 0 Å². The van der Waals surface area contributed by atoms with Crippen molar-refractivity contribution in [3.05, 3.63) is 77.1 Å². The lowest BCUT2D eigenvalue weighted by Crippen LogP contribution is -2.15. The van der Waals surface area contributed by atoms with Gasteiger partial charge in [-0.05, 0) is 60.9 Å². The van der Waals surface area contributed by atoms with Gasteiger partial charge in [-0.2, -0.15) is 13.2 Å². The fraction of sp³-hybridized carbons (Fsp3) is 0.174. The molecule has 1 amide bonds. The molecular formula is C23H18F3N3O. The molecule has 1 aromatic heterocycles. The van der Waals surface area contributed by atoms with Gasteiger partial charge < -0.3 is 5.32 Å². The van der Waals surface area contributed by atoms with Crippen molar-refractivity contribution in [1.29, 1.82) is 0 Å². The van der Waals surface area contributed by atoms with Gasteiger partial charge in [-0.25, -0.2) is 0 Å². The molecule has 1 aliphatic heterocycles. The molecule has 7 heteroatoms. The minimum Gasteiger partial charge on any atom is -0.324 e. The Morgan fingerprint density at radius 1 is 1.00 bits per heavy atom. The number of aryl methyl sites for hydroxylation is 2. The van der Waals surface area contributed by atoms with Gasteiger partial charge in [0.2, 0.25) is 5.91 Å². The third-order valence-electron chi connectivity index (χ3n) is 4.94. The molecular weight excluding hydrogens is 391 g/mol. The van der Waals surface area contributed by atoms with Crippen LogP contribution in [0.15, 0.2) is 59.7 Å². The first-order valence-electron chi connectivity index (χ1n) is 9.33. The molecule has 0 fully saturated rings. The zero-order valence-corrected chi connectivity index (χ0v) is 16.3. The molecule has 0 atom stereocenters. The number of amides is 1. The predicted octanol–water partition coefficient (Wildman–Crippen LogP) is 5.85. The quantitative estimate of drug-likeness (QED) is 0.577. The number of alkyl halides is 3. The van der Waals surface area contributed by atoms with Gasteiger partial charge in [0.05, 0.1) is 29.1 Å². The second-order valence-corrected chi connectivity index (χ2v) is 7.23. The van der Waals surface area contributed by atoms with Crippen molar-refractivity contribution >= 4 is 23.0 Å². The zero-order chi connectivity index (χ0) is 21.5. The summed E-state index contributed by atoms with van der Waals surface area (Å²) in [6, 6.07) is 12.7. The van der Waals surface area contributed by atoms with E-state index in [-0.39, 0.29) is 12.1 Å². The van der Waals surface area contributed by atoms with Crippen LogP contribution in [0.4, 0.5) is 24.5 Å². The summed E-state index contributed by atoms with van der Waals surface area (Å²) >= 11 is 0. The summed E-state index contributed by atoms with van der Waals surface area (Å²) in [5.41, 5.74) is 4.64. The highest BCUT2D eigenvalue weighted by Gasteiger charge is 2.31. The van der Waals surface area contributed by atoms with Crippen molar-refractivity contribution in [2.75, 3.05) is 5.32 Å². The van der Waals surface area contributed by atoms with Gasteiger partial charge in [0.1, 0.15) is 0 Å². The molecule has 0 aliphatic carbocycles. The number of nitrogens with one attached hydrogen (secondary N) is 1. The summed E-state index contributed by atoms with van der Waals surface area (Å²) in [4.78, 5) is 21.2. The second kappa shape index (κ2) is 7.40. The molecule has 2 heterocycles. The number of carbonyl (C=O) groups is 1. The first kappa shape index (κ1) is 19.8. The SMILES string of the molecule is Cc1cc(C)c(-c2cccc(C3=Nc4ccc(C(F)(F)F)cc4NC(=O)C3)c2)cn1. The van der Waals surface area contributed by atoms with Gasteiger partial charge in [-0.15, -0.1) is 0 Å². The van der Waals surface area contributed by atoms with Crippen molar-refractivity contribution in [3.63, 3.8) is 0 Å². The molecule has 3 aromatic rings. The van der Waals surface area contributed by atoms with Gasteiger partial charge >= 0.3 is 6.18 Å². The van der Waals surface area contributed by atoms with Crippen LogP contribution in [-0.2, 0) is 11.0 Å². The van der Waals surface area contributed by atoms with E-state index in [4.69, 9.17) is 0 Å². The van der Waals surface area contributed by atoms with Crippen LogP contribution >= 0.6 is 0 Å². The summed E-state index contributed by atoms with van der Waals surface area (Å²) in [5.74, 6) is -0.412. The molecule has 0 radical (unpaired) electrons. The molecule has 2 aromatic carbocycles. The number of pyridine rings is 1. The van der Waals surface area contributed by atoms with Crippen molar-refractivity contribution in [2.24, 2.45) is 4.99 Å². The monoisotopic (exact) mass is 409 g/mol. The van der Waals surface area contributed by atoms with E-state index in [0.29, 0.717) is 11.4 Å². The lowest BCUT2D eigenvalue weighted by Gasteiger charge is -2.10. The smallest absolute Gasteiger partial charge is 0.324 e. The van der Waals surface area contributed by atoms with Gasteiger partial charge in [0, 0.05) is 17.5 Å². The number of hydrogen-bond acceptors (Lipinski definition) is 3. The average molecular weight is 409 g/mol. The molecule has 0 bridgehead atoms. The lowest BCUT2D eigenvalue weighted by molar-refractivity contribution is -0.137. The number of fused-ring (bicyclic) bond motifs is 1. The van der Waals surface area contributed by atoms with Gasteiger partial charge in [-0.3, -0.25) is 14.8 Å². The van der Waals surface area contributed by atoms with E-state index in [1.807, 2.05) is 44.2 Å². The number of anilines is 1. The van der Waals surface area contributed by atoms with Crippen LogP contribution in [0, 0.1) is 13.8 Å². The first-order chi connectivity index (χ1) is 14.2. The van der Waals surface area contributed by atoms with Crippen molar-refractivity contribution < 1.29 is 18.0 Å². The highest BCUT2D eigenvalue weighted by molar-refractivity contribution is 6.17. The Morgan fingerprint density at radius 3 is 2.50 bits per heavy atom. The molecule has 0 saturated heterocycles. The second-order valence-electron chi connectivity index (χ2n) is 7.23. The minimum atomic E-state index is -4.49. The Kier molecular flexibility index (Phi) is 4.89. The summed E-state index contributed by atoms with van der Waals surface area (Å²) < 4.78 is 39.0. The average Bonchev–Trinajstić information content (AvgIpc) is 2.84. The summed E-state index contributed by atoms with van der Waals surface area (Å²) in [7, 11) is 0. The molecule has 0 unspecified atom stereocenters. The van der Waals surface area contributed by atoms with E-state index in [9.17, 15) is 18.0 Å². The number of aromatic nitrogens is 1. The molecule has 4 nitrogen and oxygen atoms in total. The Hall–Kier alpha value is -3.48. The van der Waals surface area contributed by atoms with Crippen LogP contribution in [-0.4, -0.2) is 16.6 Å². The van der Waals surface area contributed by atoms with Crippen LogP contribution in [0.1, 0.15) is 28.8 Å². The Bertz CT molecular complexity index is 1180. The highest BCUT2D eigenvalue weighted by Crippen LogP contribution is 2.37. The largest absolute Gasteiger partial charge is 0.416 e. The molecule has 30 heavy (non-hydrogen) atoms. The van der Waals surface area contributed by atoms with E-state index in [2.05, 4.69) is 15.3 Å². The maximum atomic E-state index is 13.0. The molecule has 0 spiro atoms. The molecule has 0 saturated carbocycles. The van der Waals surface area contributed by atoms with Crippen LogP contribution < -0.4 is 5.32 Å². The Labute approximate surface area is 171 Å². The van der Waals surface area contributed by atoms with Crippen molar-refractivity contribution in [1.82, 2.24) is 4.98 Å².